The third-order valence-corrected chi connectivity index (χ3v) is 3.97. The van der Waals surface area contributed by atoms with Crippen LogP contribution in [-0.4, -0.2) is 29.7 Å². The first-order valence-electron chi connectivity index (χ1n) is 7.95. The minimum atomic E-state index is -0.145. The van der Waals surface area contributed by atoms with Crippen LogP contribution in [0, 0.1) is 11.3 Å². The molecule has 0 N–H and O–H groups in total. The van der Waals surface area contributed by atoms with Gasteiger partial charge in [-0.05, 0) is 62.4 Å². The highest BCUT2D eigenvalue weighted by Gasteiger charge is 2.17. The summed E-state index contributed by atoms with van der Waals surface area (Å²) in [6.45, 7) is 3.35. The highest BCUT2D eigenvalue weighted by atomic mass is 16.5. The number of Topliss-reactive ketones (excluding diaryl/α,β-unsaturated/α-hetero) is 1. The van der Waals surface area contributed by atoms with Gasteiger partial charge in [0.05, 0.1) is 12.5 Å². The Balaban J connectivity index is 2.05. The minimum absolute atomic E-state index is 0.00385. The lowest BCUT2D eigenvalue weighted by Gasteiger charge is -2.23. The van der Waals surface area contributed by atoms with Crippen LogP contribution in [-0.2, 0) is 0 Å². The molecule has 2 aromatic carbocycles. The Morgan fingerprint density at radius 2 is 1.52 bits per heavy atom. The van der Waals surface area contributed by atoms with E-state index in [1.807, 2.05) is 6.92 Å². The van der Waals surface area contributed by atoms with Gasteiger partial charge in [-0.1, -0.05) is 0 Å². The highest BCUT2D eigenvalue weighted by Crippen LogP contribution is 2.22. The SMILES string of the molecule is CC(=O)c1ccc(Oc2ccc(C(=O)N(C)C(C)CC#N)cc2)cc1. The summed E-state index contributed by atoms with van der Waals surface area (Å²) in [6, 6.07) is 15.6. The Kier molecular flexibility index (Phi) is 5.91. The first-order chi connectivity index (χ1) is 11.9. The fourth-order valence-electron chi connectivity index (χ4n) is 2.23. The van der Waals surface area contributed by atoms with Crippen molar-refractivity contribution in [2.75, 3.05) is 7.05 Å². The topological polar surface area (TPSA) is 70.4 Å². The van der Waals surface area contributed by atoms with Crippen molar-refractivity contribution in [3.05, 3.63) is 59.7 Å². The van der Waals surface area contributed by atoms with Crippen molar-refractivity contribution in [1.29, 1.82) is 5.26 Å². The third kappa shape index (κ3) is 4.67. The van der Waals surface area contributed by atoms with Crippen LogP contribution < -0.4 is 4.74 Å². The van der Waals surface area contributed by atoms with Crippen LogP contribution in [0.5, 0.6) is 11.5 Å². The van der Waals surface area contributed by atoms with Crippen molar-refractivity contribution in [1.82, 2.24) is 4.90 Å². The summed E-state index contributed by atoms with van der Waals surface area (Å²) in [4.78, 5) is 25.2. The van der Waals surface area contributed by atoms with Crippen LogP contribution in [0.3, 0.4) is 0 Å². The average molecular weight is 336 g/mol. The fourth-order valence-corrected chi connectivity index (χ4v) is 2.23. The smallest absolute Gasteiger partial charge is 0.253 e. The molecule has 1 amide bonds. The molecule has 128 valence electrons. The molecule has 0 radical (unpaired) electrons. The van der Waals surface area contributed by atoms with E-state index in [-0.39, 0.29) is 17.7 Å². The number of ketones is 1. The van der Waals surface area contributed by atoms with Gasteiger partial charge in [-0.2, -0.15) is 5.26 Å². The first kappa shape index (κ1) is 18.2. The lowest BCUT2D eigenvalue weighted by atomic mass is 10.1. The number of nitriles is 1. The quantitative estimate of drug-likeness (QED) is 0.746. The second-order valence-corrected chi connectivity index (χ2v) is 5.83. The standard InChI is InChI=1S/C20H20N2O3/c1-14(12-13-21)22(3)20(24)17-6-10-19(11-7-17)25-18-8-4-16(5-9-18)15(2)23/h4-11,14H,12H2,1-3H3. The van der Waals surface area contributed by atoms with Gasteiger partial charge in [0.2, 0.25) is 0 Å². The van der Waals surface area contributed by atoms with Crippen LogP contribution in [0.4, 0.5) is 0 Å². The molecule has 25 heavy (non-hydrogen) atoms. The van der Waals surface area contributed by atoms with Gasteiger partial charge in [0.1, 0.15) is 11.5 Å². The Morgan fingerprint density at radius 3 is 1.96 bits per heavy atom. The summed E-state index contributed by atoms with van der Waals surface area (Å²) in [5, 5.41) is 8.74. The molecule has 0 saturated carbocycles. The molecular formula is C20H20N2O3. The van der Waals surface area contributed by atoms with E-state index >= 15 is 0 Å². The molecule has 0 aliphatic heterocycles. The van der Waals surface area contributed by atoms with E-state index < -0.39 is 0 Å². The number of nitrogens with zero attached hydrogens (tertiary/aromatic N) is 2. The van der Waals surface area contributed by atoms with Crippen molar-refractivity contribution in [3.8, 4) is 17.6 Å². The molecule has 0 heterocycles. The number of rotatable bonds is 6. The molecule has 0 aliphatic rings. The van der Waals surface area contributed by atoms with Gasteiger partial charge in [-0.25, -0.2) is 0 Å². The van der Waals surface area contributed by atoms with Crippen molar-refractivity contribution in [2.24, 2.45) is 0 Å². The van der Waals surface area contributed by atoms with Crippen LogP contribution in [0.1, 0.15) is 41.0 Å². The lowest BCUT2D eigenvalue weighted by molar-refractivity contribution is 0.0746. The van der Waals surface area contributed by atoms with Crippen LogP contribution >= 0.6 is 0 Å². The third-order valence-electron chi connectivity index (χ3n) is 3.97. The normalized spacial score (nSPS) is 11.3. The fraction of sp³-hybridized carbons (Fsp3) is 0.250. The molecule has 0 aromatic heterocycles. The number of amides is 1. The van der Waals surface area contributed by atoms with E-state index in [9.17, 15) is 9.59 Å². The summed E-state index contributed by atoms with van der Waals surface area (Å²) in [5.41, 5.74) is 1.16. The Morgan fingerprint density at radius 1 is 1.04 bits per heavy atom. The van der Waals surface area contributed by atoms with Crippen LogP contribution in [0.25, 0.3) is 0 Å². The molecule has 0 spiro atoms. The van der Waals surface area contributed by atoms with Gasteiger partial charge in [-0.15, -0.1) is 0 Å². The molecule has 0 saturated heterocycles. The summed E-state index contributed by atoms with van der Waals surface area (Å²) in [5.74, 6) is 1.08. The molecule has 5 nitrogen and oxygen atoms in total. The molecule has 0 bridgehead atoms. The molecule has 1 unspecified atom stereocenters. The van der Waals surface area contributed by atoms with Gasteiger partial charge < -0.3 is 9.64 Å². The zero-order valence-corrected chi connectivity index (χ0v) is 14.5. The Hall–Kier alpha value is -3.13. The number of benzene rings is 2. The van der Waals surface area contributed by atoms with Gasteiger partial charge in [0, 0.05) is 24.2 Å². The summed E-state index contributed by atoms with van der Waals surface area (Å²) < 4.78 is 5.72. The average Bonchev–Trinajstić information content (AvgIpc) is 2.61. The Bertz CT molecular complexity index is 789. The molecular weight excluding hydrogens is 316 g/mol. The zero-order valence-electron chi connectivity index (χ0n) is 14.5. The number of carbonyl (C=O) groups is 2. The number of hydrogen-bond donors (Lipinski definition) is 0. The Labute approximate surface area is 147 Å². The van der Waals surface area contributed by atoms with E-state index in [4.69, 9.17) is 10.00 Å². The van der Waals surface area contributed by atoms with E-state index in [0.717, 1.165) is 0 Å². The van der Waals surface area contributed by atoms with E-state index in [2.05, 4.69) is 6.07 Å². The van der Waals surface area contributed by atoms with Gasteiger partial charge in [-0.3, -0.25) is 9.59 Å². The van der Waals surface area contributed by atoms with Crippen molar-refractivity contribution in [2.45, 2.75) is 26.3 Å². The summed E-state index contributed by atoms with van der Waals surface area (Å²) in [7, 11) is 1.69. The largest absolute Gasteiger partial charge is 0.457 e. The predicted molar refractivity (Wildman–Crippen MR) is 94.7 cm³/mol. The first-order valence-corrected chi connectivity index (χ1v) is 7.95. The van der Waals surface area contributed by atoms with Crippen LogP contribution in [0.2, 0.25) is 0 Å². The van der Waals surface area contributed by atoms with E-state index in [0.29, 0.717) is 29.0 Å². The molecule has 0 fully saturated rings. The predicted octanol–water partition coefficient (Wildman–Crippen LogP) is 4.06. The van der Waals surface area contributed by atoms with Crippen molar-refractivity contribution >= 4 is 11.7 Å². The van der Waals surface area contributed by atoms with Crippen molar-refractivity contribution < 1.29 is 14.3 Å². The lowest BCUT2D eigenvalue weighted by Crippen LogP contribution is -2.34. The monoisotopic (exact) mass is 336 g/mol. The second-order valence-electron chi connectivity index (χ2n) is 5.83. The number of hydrogen-bond acceptors (Lipinski definition) is 4. The summed E-state index contributed by atoms with van der Waals surface area (Å²) >= 11 is 0. The van der Waals surface area contributed by atoms with Gasteiger partial charge in [0.25, 0.3) is 5.91 Å². The molecule has 2 rings (SSSR count). The second kappa shape index (κ2) is 8.11. The van der Waals surface area contributed by atoms with Crippen molar-refractivity contribution in [3.63, 3.8) is 0 Å². The maximum Gasteiger partial charge on any atom is 0.253 e. The maximum atomic E-state index is 12.4. The van der Waals surface area contributed by atoms with Gasteiger partial charge >= 0.3 is 0 Å². The van der Waals surface area contributed by atoms with Crippen LogP contribution in [0.15, 0.2) is 48.5 Å². The van der Waals surface area contributed by atoms with E-state index in [1.54, 1.807) is 60.5 Å². The zero-order chi connectivity index (χ0) is 18.4. The highest BCUT2D eigenvalue weighted by molar-refractivity contribution is 5.94. The molecule has 1 atom stereocenters. The molecule has 2 aromatic rings. The summed E-state index contributed by atoms with van der Waals surface area (Å²) in [6.07, 6.45) is 0.291. The molecule has 5 heteroatoms. The maximum absolute atomic E-state index is 12.4. The minimum Gasteiger partial charge on any atom is -0.457 e. The number of carbonyl (C=O) groups excluding carboxylic acids is 2. The van der Waals surface area contributed by atoms with Gasteiger partial charge in [0.15, 0.2) is 5.78 Å². The molecule has 0 aliphatic carbocycles. The number of ether oxygens (including phenoxy) is 1. The van der Waals surface area contributed by atoms with E-state index in [1.165, 1.54) is 6.92 Å².